The number of nitrogens with zero attached hydrogens (tertiary/aromatic N) is 2. The standard InChI is InChI=1S/C17H19N3OS/c18-16-15(14(21)10-9-13-7-3-1-4-8-13)22-17(19-16)20-11-5-2-6-12-20/h1,3-4,7-10H,2,5-6,11-12,18H2/b10-9+. The Hall–Kier alpha value is -2.14. The maximum Gasteiger partial charge on any atom is 0.199 e. The van der Waals surface area contributed by atoms with E-state index in [9.17, 15) is 4.79 Å². The van der Waals surface area contributed by atoms with E-state index in [4.69, 9.17) is 5.73 Å². The number of benzene rings is 1. The molecule has 0 spiro atoms. The largest absolute Gasteiger partial charge is 0.382 e. The molecule has 0 amide bonds. The highest BCUT2D eigenvalue weighted by molar-refractivity contribution is 7.18. The van der Waals surface area contributed by atoms with Crippen LogP contribution in [0, 0.1) is 0 Å². The van der Waals surface area contributed by atoms with Gasteiger partial charge in [0, 0.05) is 13.1 Å². The van der Waals surface area contributed by atoms with Gasteiger partial charge in [-0.2, -0.15) is 0 Å². The molecule has 1 aliphatic rings. The fraction of sp³-hybridized carbons (Fsp3) is 0.294. The third-order valence-corrected chi connectivity index (χ3v) is 4.87. The molecule has 1 aliphatic heterocycles. The number of nitrogen functional groups attached to an aromatic ring is 1. The first-order valence-corrected chi connectivity index (χ1v) is 8.34. The summed E-state index contributed by atoms with van der Waals surface area (Å²) in [6.45, 7) is 2.00. The fourth-order valence-corrected chi connectivity index (χ4v) is 3.49. The van der Waals surface area contributed by atoms with Gasteiger partial charge in [-0.3, -0.25) is 4.79 Å². The zero-order valence-corrected chi connectivity index (χ0v) is 13.2. The number of thiazole rings is 1. The van der Waals surface area contributed by atoms with Crippen molar-refractivity contribution < 1.29 is 4.79 Å². The van der Waals surface area contributed by atoms with Crippen LogP contribution in [0.25, 0.3) is 6.08 Å². The van der Waals surface area contributed by atoms with Gasteiger partial charge >= 0.3 is 0 Å². The van der Waals surface area contributed by atoms with Gasteiger partial charge in [-0.15, -0.1) is 0 Å². The Morgan fingerprint density at radius 3 is 2.64 bits per heavy atom. The van der Waals surface area contributed by atoms with Gasteiger partial charge in [-0.25, -0.2) is 4.98 Å². The number of rotatable bonds is 4. The van der Waals surface area contributed by atoms with Crippen molar-refractivity contribution in [3.8, 4) is 0 Å². The lowest BCUT2D eigenvalue weighted by Crippen LogP contribution is -2.29. The van der Waals surface area contributed by atoms with Crippen LogP contribution in [0.2, 0.25) is 0 Å². The van der Waals surface area contributed by atoms with E-state index in [0.717, 1.165) is 23.8 Å². The monoisotopic (exact) mass is 313 g/mol. The first-order chi connectivity index (χ1) is 10.7. The normalized spacial score (nSPS) is 15.4. The number of ketones is 1. The number of anilines is 2. The molecular formula is C17H19N3OS. The number of hydrogen-bond donors (Lipinski definition) is 1. The van der Waals surface area contributed by atoms with Crippen LogP contribution in [-0.2, 0) is 0 Å². The van der Waals surface area contributed by atoms with Gasteiger partial charge in [0.1, 0.15) is 10.7 Å². The second kappa shape index (κ2) is 6.75. The summed E-state index contributed by atoms with van der Waals surface area (Å²) in [6.07, 6.45) is 7.00. The number of carbonyl (C=O) groups excluding carboxylic acids is 1. The third kappa shape index (κ3) is 3.36. The van der Waals surface area contributed by atoms with Gasteiger partial charge < -0.3 is 10.6 Å². The Bertz CT molecular complexity index is 672. The van der Waals surface area contributed by atoms with E-state index >= 15 is 0 Å². The lowest BCUT2D eigenvalue weighted by atomic mass is 10.1. The van der Waals surface area contributed by atoms with Crippen molar-refractivity contribution >= 4 is 34.1 Å². The molecule has 0 bridgehead atoms. The van der Waals surface area contributed by atoms with Gasteiger partial charge in [0.05, 0.1) is 0 Å². The van der Waals surface area contributed by atoms with Crippen molar-refractivity contribution in [3.63, 3.8) is 0 Å². The van der Waals surface area contributed by atoms with E-state index < -0.39 is 0 Å². The average molecular weight is 313 g/mol. The number of aromatic nitrogens is 1. The van der Waals surface area contributed by atoms with Crippen LogP contribution < -0.4 is 10.6 Å². The van der Waals surface area contributed by atoms with E-state index in [0.29, 0.717) is 10.7 Å². The maximum absolute atomic E-state index is 12.3. The molecule has 0 aliphatic carbocycles. The van der Waals surface area contributed by atoms with Gasteiger partial charge in [0.25, 0.3) is 0 Å². The van der Waals surface area contributed by atoms with E-state index in [2.05, 4.69) is 9.88 Å². The summed E-state index contributed by atoms with van der Waals surface area (Å²) in [5.74, 6) is 0.260. The van der Waals surface area contributed by atoms with Gasteiger partial charge in [-0.05, 0) is 30.9 Å². The summed E-state index contributed by atoms with van der Waals surface area (Å²) in [5, 5.41) is 0.869. The van der Waals surface area contributed by atoms with E-state index in [1.807, 2.05) is 36.4 Å². The number of allylic oxidation sites excluding steroid dienone is 1. The van der Waals surface area contributed by atoms with Crippen LogP contribution in [0.5, 0.6) is 0 Å². The minimum absolute atomic E-state index is 0.0814. The average Bonchev–Trinajstić information content (AvgIpc) is 2.96. The fourth-order valence-electron chi connectivity index (χ4n) is 2.53. The quantitative estimate of drug-likeness (QED) is 0.692. The summed E-state index contributed by atoms with van der Waals surface area (Å²) in [4.78, 5) is 19.5. The topological polar surface area (TPSA) is 59.2 Å². The predicted molar refractivity (Wildman–Crippen MR) is 92.4 cm³/mol. The highest BCUT2D eigenvalue weighted by Crippen LogP contribution is 2.30. The minimum Gasteiger partial charge on any atom is -0.382 e. The van der Waals surface area contributed by atoms with Crippen LogP contribution in [0.1, 0.15) is 34.5 Å². The molecule has 0 unspecified atom stereocenters. The molecule has 4 nitrogen and oxygen atoms in total. The molecule has 1 saturated heterocycles. The Morgan fingerprint density at radius 2 is 1.91 bits per heavy atom. The Labute approximate surface area is 134 Å². The van der Waals surface area contributed by atoms with E-state index in [-0.39, 0.29) is 5.78 Å². The summed E-state index contributed by atoms with van der Waals surface area (Å²) in [7, 11) is 0. The molecule has 2 heterocycles. The molecule has 0 saturated carbocycles. The summed E-state index contributed by atoms with van der Waals surface area (Å²) < 4.78 is 0. The molecule has 2 N–H and O–H groups in total. The third-order valence-electron chi connectivity index (χ3n) is 3.72. The predicted octanol–water partition coefficient (Wildman–Crippen LogP) is 3.61. The van der Waals surface area contributed by atoms with Crippen LogP contribution >= 0.6 is 11.3 Å². The lowest BCUT2D eigenvalue weighted by Gasteiger charge is -2.25. The molecule has 1 aromatic heterocycles. The smallest absolute Gasteiger partial charge is 0.199 e. The Balaban J connectivity index is 1.75. The van der Waals surface area contributed by atoms with Gasteiger partial charge in [0.15, 0.2) is 10.9 Å². The lowest BCUT2D eigenvalue weighted by molar-refractivity contribution is 0.105. The number of piperidine rings is 1. The van der Waals surface area contributed by atoms with E-state index in [1.54, 1.807) is 6.08 Å². The summed E-state index contributed by atoms with van der Waals surface area (Å²) in [5.41, 5.74) is 6.93. The van der Waals surface area contributed by atoms with Crippen LogP contribution in [0.4, 0.5) is 10.9 Å². The maximum atomic E-state index is 12.3. The first-order valence-electron chi connectivity index (χ1n) is 7.53. The van der Waals surface area contributed by atoms with Crippen molar-refractivity contribution in [2.45, 2.75) is 19.3 Å². The van der Waals surface area contributed by atoms with Gasteiger partial charge in [0.2, 0.25) is 0 Å². The van der Waals surface area contributed by atoms with Crippen molar-refractivity contribution in [2.75, 3.05) is 23.7 Å². The van der Waals surface area contributed by atoms with Crippen molar-refractivity contribution in [1.82, 2.24) is 4.98 Å². The van der Waals surface area contributed by atoms with E-state index in [1.165, 1.54) is 30.6 Å². The molecule has 0 atom stereocenters. The van der Waals surface area contributed by atoms with Crippen molar-refractivity contribution in [3.05, 3.63) is 46.8 Å². The Morgan fingerprint density at radius 1 is 1.18 bits per heavy atom. The number of hydrogen-bond acceptors (Lipinski definition) is 5. The molecule has 114 valence electrons. The second-order valence-corrected chi connectivity index (χ2v) is 6.34. The second-order valence-electron chi connectivity index (χ2n) is 5.37. The number of nitrogens with two attached hydrogens (primary N) is 1. The zero-order valence-electron chi connectivity index (χ0n) is 12.4. The molecule has 22 heavy (non-hydrogen) atoms. The van der Waals surface area contributed by atoms with Gasteiger partial charge in [-0.1, -0.05) is 47.7 Å². The van der Waals surface area contributed by atoms with Crippen LogP contribution in [-0.4, -0.2) is 23.9 Å². The molecular weight excluding hydrogens is 294 g/mol. The molecule has 2 aromatic rings. The molecule has 1 aromatic carbocycles. The molecule has 3 rings (SSSR count). The SMILES string of the molecule is Nc1nc(N2CCCCC2)sc1C(=O)/C=C/c1ccccc1. The first kappa shape index (κ1) is 14.8. The Kier molecular flexibility index (Phi) is 4.53. The van der Waals surface area contributed by atoms with Crippen LogP contribution in [0.15, 0.2) is 36.4 Å². The highest BCUT2D eigenvalue weighted by Gasteiger charge is 2.19. The summed E-state index contributed by atoms with van der Waals surface area (Å²) in [6, 6.07) is 9.75. The zero-order chi connectivity index (χ0) is 15.4. The molecule has 1 fully saturated rings. The molecule has 0 radical (unpaired) electrons. The molecule has 5 heteroatoms. The summed E-state index contributed by atoms with van der Waals surface area (Å²) >= 11 is 1.40. The van der Waals surface area contributed by atoms with Crippen LogP contribution in [0.3, 0.4) is 0 Å². The highest BCUT2D eigenvalue weighted by atomic mass is 32.1. The number of carbonyl (C=O) groups is 1. The minimum atomic E-state index is -0.0814. The van der Waals surface area contributed by atoms with Crippen molar-refractivity contribution in [1.29, 1.82) is 0 Å². The van der Waals surface area contributed by atoms with Crippen molar-refractivity contribution in [2.24, 2.45) is 0 Å².